The number of ether oxygens (including phenoxy) is 2. The maximum Gasteiger partial charge on any atom is 0.190 e. The number of nitrogens with one attached hydrogen (secondary N) is 2. The van der Waals surface area contributed by atoms with Gasteiger partial charge in [-0.1, -0.05) is 29.8 Å². The van der Waals surface area contributed by atoms with Crippen LogP contribution < -0.4 is 20.1 Å². The fraction of sp³-hybridized carbons (Fsp3) is 0.409. The molecule has 2 N–H and O–H groups in total. The molecule has 0 aliphatic carbocycles. The number of rotatable bonds is 7. The van der Waals surface area contributed by atoms with E-state index < -0.39 is 0 Å². The molecule has 0 atom stereocenters. The van der Waals surface area contributed by atoms with Crippen LogP contribution in [-0.2, 0) is 19.3 Å². The summed E-state index contributed by atoms with van der Waals surface area (Å²) in [6, 6.07) is 12.8. The molecule has 0 unspecified atom stereocenters. The highest BCUT2D eigenvalue weighted by atomic mass is 16.5. The third-order valence-corrected chi connectivity index (χ3v) is 4.81. The number of benzene rings is 2. The number of aliphatic imine (C=N–C) groups is 1. The van der Waals surface area contributed by atoms with E-state index in [2.05, 4.69) is 52.9 Å². The van der Waals surface area contributed by atoms with Gasteiger partial charge in [0.1, 0.15) is 11.5 Å². The molecular formula is C22H29N3O2. The van der Waals surface area contributed by atoms with Gasteiger partial charge in [-0.3, -0.25) is 4.99 Å². The average Bonchev–Trinajstić information content (AvgIpc) is 3.15. The maximum atomic E-state index is 5.56. The molecule has 0 aromatic heterocycles. The lowest BCUT2D eigenvalue weighted by Crippen LogP contribution is -2.39. The van der Waals surface area contributed by atoms with Gasteiger partial charge in [-0.25, -0.2) is 0 Å². The van der Waals surface area contributed by atoms with Gasteiger partial charge >= 0.3 is 0 Å². The number of hydrogen-bond acceptors (Lipinski definition) is 3. The highest BCUT2D eigenvalue weighted by Crippen LogP contribution is 2.25. The van der Waals surface area contributed by atoms with Gasteiger partial charge in [0.25, 0.3) is 0 Å². The van der Waals surface area contributed by atoms with Crippen molar-refractivity contribution in [2.45, 2.75) is 26.2 Å². The number of nitrogens with zero attached hydrogens (tertiary/aromatic N) is 1. The van der Waals surface area contributed by atoms with Crippen LogP contribution in [0.4, 0.5) is 0 Å². The van der Waals surface area contributed by atoms with Crippen molar-refractivity contribution in [1.29, 1.82) is 0 Å². The fourth-order valence-corrected chi connectivity index (χ4v) is 3.36. The minimum absolute atomic E-state index is 0.801. The van der Waals surface area contributed by atoms with Crippen molar-refractivity contribution in [1.82, 2.24) is 10.6 Å². The molecule has 0 fully saturated rings. The van der Waals surface area contributed by atoms with Crippen LogP contribution in [-0.4, -0.2) is 39.8 Å². The predicted molar refractivity (Wildman–Crippen MR) is 110 cm³/mol. The first kappa shape index (κ1) is 19.1. The van der Waals surface area contributed by atoms with Gasteiger partial charge in [0.2, 0.25) is 0 Å². The molecule has 2 aromatic carbocycles. The summed E-state index contributed by atoms with van der Waals surface area (Å²) in [4.78, 5) is 4.31. The third kappa shape index (κ3) is 5.16. The Morgan fingerprint density at radius 3 is 2.70 bits per heavy atom. The first-order valence-electron chi connectivity index (χ1n) is 9.52. The van der Waals surface area contributed by atoms with E-state index in [1.165, 1.54) is 22.3 Å². The summed E-state index contributed by atoms with van der Waals surface area (Å²) in [5.74, 6) is 2.80. The van der Waals surface area contributed by atoms with E-state index in [0.717, 1.165) is 56.4 Å². The first-order valence-corrected chi connectivity index (χ1v) is 9.52. The summed E-state index contributed by atoms with van der Waals surface area (Å²) < 4.78 is 11.0. The van der Waals surface area contributed by atoms with E-state index in [1.807, 2.05) is 6.07 Å². The zero-order valence-electron chi connectivity index (χ0n) is 16.5. The second kappa shape index (κ2) is 9.31. The Bertz CT molecular complexity index is 802. The zero-order valence-corrected chi connectivity index (χ0v) is 16.5. The van der Waals surface area contributed by atoms with Crippen LogP contribution in [0.15, 0.2) is 41.4 Å². The number of fused-ring (bicyclic) bond motifs is 1. The Hall–Kier alpha value is -2.69. The molecule has 5 nitrogen and oxygen atoms in total. The molecule has 1 heterocycles. The summed E-state index contributed by atoms with van der Waals surface area (Å²) in [6.45, 7) is 4.55. The third-order valence-electron chi connectivity index (χ3n) is 4.81. The smallest absolute Gasteiger partial charge is 0.190 e. The van der Waals surface area contributed by atoms with Crippen molar-refractivity contribution in [2.75, 3.05) is 33.9 Å². The van der Waals surface area contributed by atoms with Gasteiger partial charge in [-0.15, -0.1) is 0 Å². The van der Waals surface area contributed by atoms with E-state index in [0.29, 0.717) is 0 Å². The van der Waals surface area contributed by atoms with Crippen molar-refractivity contribution >= 4 is 5.96 Å². The van der Waals surface area contributed by atoms with Gasteiger partial charge in [0, 0.05) is 26.6 Å². The molecule has 0 radical (unpaired) electrons. The summed E-state index contributed by atoms with van der Waals surface area (Å²) in [5, 5.41) is 6.77. The first-order chi connectivity index (χ1) is 13.2. The quantitative estimate of drug-likeness (QED) is 0.584. The molecule has 1 aliphatic heterocycles. The van der Waals surface area contributed by atoms with Gasteiger partial charge in [-0.05, 0) is 48.6 Å². The van der Waals surface area contributed by atoms with Gasteiger partial charge < -0.3 is 20.1 Å². The highest BCUT2D eigenvalue weighted by molar-refractivity contribution is 5.79. The average molecular weight is 367 g/mol. The molecule has 27 heavy (non-hydrogen) atoms. The highest BCUT2D eigenvalue weighted by Gasteiger charge is 2.11. The topological polar surface area (TPSA) is 54.9 Å². The number of methoxy groups -OCH3 is 1. The molecule has 0 spiro atoms. The van der Waals surface area contributed by atoms with Crippen molar-refractivity contribution in [3.63, 3.8) is 0 Å². The van der Waals surface area contributed by atoms with E-state index >= 15 is 0 Å². The van der Waals surface area contributed by atoms with E-state index in [4.69, 9.17) is 9.47 Å². The number of aryl methyl sites for hydroxylation is 1. The Kier molecular flexibility index (Phi) is 6.58. The van der Waals surface area contributed by atoms with Crippen LogP contribution in [0.25, 0.3) is 0 Å². The van der Waals surface area contributed by atoms with Crippen LogP contribution in [0.2, 0.25) is 0 Å². The molecule has 0 amide bonds. The minimum atomic E-state index is 0.801. The van der Waals surface area contributed by atoms with Crippen molar-refractivity contribution in [2.24, 2.45) is 4.99 Å². The second-order valence-electron chi connectivity index (χ2n) is 6.78. The Morgan fingerprint density at radius 2 is 1.93 bits per heavy atom. The SMILES string of the molecule is CN=C(NCCc1ccc2c(c1)CCO2)NCCc1cc(C)ccc1OC. The molecule has 0 saturated heterocycles. The molecule has 0 saturated carbocycles. The van der Waals surface area contributed by atoms with Crippen LogP contribution in [0.3, 0.4) is 0 Å². The standard InChI is InChI=1S/C22H29N3O2/c1-16-4-6-20(26-3)18(14-16)9-12-25-22(23-2)24-11-8-17-5-7-21-19(15-17)10-13-27-21/h4-7,14-15H,8-13H2,1-3H3,(H2,23,24,25). The monoisotopic (exact) mass is 367 g/mol. The van der Waals surface area contributed by atoms with Crippen molar-refractivity contribution < 1.29 is 9.47 Å². The van der Waals surface area contributed by atoms with Crippen LogP contribution in [0.1, 0.15) is 22.3 Å². The van der Waals surface area contributed by atoms with Crippen LogP contribution in [0.5, 0.6) is 11.5 Å². The number of hydrogen-bond donors (Lipinski definition) is 2. The lowest BCUT2D eigenvalue weighted by Gasteiger charge is -2.14. The molecular weight excluding hydrogens is 338 g/mol. The molecule has 5 heteroatoms. The summed E-state index contributed by atoms with van der Waals surface area (Å²) in [5.41, 5.74) is 5.10. The normalized spacial score (nSPS) is 13.1. The van der Waals surface area contributed by atoms with Gasteiger partial charge in [-0.2, -0.15) is 0 Å². The summed E-state index contributed by atoms with van der Waals surface area (Å²) in [7, 11) is 3.52. The summed E-state index contributed by atoms with van der Waals surface area (Å²) >= 11 is 0. The second-order valence-corrected chi connectivity index (χ2v) is 6.78. The molecule has 1 aliphatic rings. The lowest BCUT2D eigenvalue weighted by atomic mass is 10.1. The van der Waals surface area contributed by atoms with Gasteiger partial charge in [0.05, 0.1) is 13.7 Å². The largest absolute Gasteiger partial charge is 0.496 e. The van der Waals surface area contributed by atoms with E-state index in [9.17, 15) is 0 Å². The van der Waals surface area contributed by atoms with Crippen LogP contribution >= 0.6 is 0 Å². The zero-order chi connectivity index (χ0) is 19.1. The van der Waals surface area contributed by atoms with E-state index in [1.54, 1.807) is 14.2 Å². The van der Waals surface area contributed by atoms with E-state index in [-0.39, 0.29) is 0 Å². The van der Waals surface area contributed by atoms with Crippen molar-refractivity contribution in [3.8, 4) is 11.5 Å². The fourth-order valence-electron chi connectivity index (χ4n) is 3.36. The Morgan fingerprint density at radius 1 is 1.11 bits per heavy atom. The van der Waals surface area contributed by atoms with Crippen molar-refractivity contribution in [3.05, 3.63) is 58.7 Å². The lowest BCUT2D eigenvalue weighted by molar-refractivity contribution is 0.357. The number of guanidine groups is 1. The Balaban J connectivity index is 1.44. The van der Waals surface area contributed by atoms with Gasteiger partial charge in [0.15, 0.2) is 5.96 Å². The molecule has 3 rings (SSSR count). The Labute approximate surface area is 161 Å². The predicted octanol–water partition coefficient (Wildman–Crippen LogP) is 2.89. The maximum absolute atomic E-state index is 5.56. The molecule has 0 bridgehead atoms. The van der Waals surface area contributed by atoms with Crippen LogP contribution in [0, 0.1) is 6.92 Å². The molecule has 2 aromatic rings. The molecule has 144 valence electrons. The summed E-state index contributed by atoms with van der Waals surface area (Å²) in [6.07, 6.45) is 2.86. The minimum Gasteiger partial charge on any atom is -0.496 e.